The number of pyridine rings is 1. The molecule has 0 saturated carbocycles. The van der Waals surface area contributed by atoms with Crippen LogP contribution in [0.1, 0.15) is 18.2 Å². The zero-order valence-electron chi connectivity index (χ0n) is 8.21. The molecule has 1 aromatic rings. The summed E-state index contributed by atoms with van der Waals surface area (Å²) in [7, 11) is 0. The summed E-state index contributed by atoms with van der Waals surface area (Å²) < 4.78 is 5.58. The van der Waals surface area contributed by atoms with E-state index in [-0.39, 0.29) is 12.4 Å². The molecular weight excluding hydrogens is 246 g/mol. The highest BCUT2D eigenvalue weighted by Gasteiger charge is 2.08. The van der Waals surface area contributed by atoms with Crippen LogP contribution in [0, 0.1) is 6.92 Å². The molecule has 1 aromatic heterocycles. The van der Waals surface area contributed by atoms with E-state index in [2.05, 4.69) is 20.9 Å². The predicted molar refractivity (Wildman–Crippen MR) is 57.0 cm³/mol. The maximum Gasteiger partial charge on any atom is 0.311 e. The summed E-state index contributed by atoms with van der Waals surface area (Å²) in [5.74, 6) is -0.235. The van der Waals surface area contributed by atoms with Gasteiger partial charge in [-0.1, -0.05) is 6.07 Å². The lowest BCUT2D eigenvalue weighted by Crippen LogP contribution is -2.10. The van der Waals surface area contributed by atoms with Gasteiger partial charge in [-0.2, -0.15) is 0 Å². The van der Waals surface area contributed by atoms with Crippen molar-refractivity contribution in [2.45, 2.75) is 20.3 Å². The molecule has 0 aliphatic heterocycles. The lowest BCUT2D eigenvalue weighted by atomic mass is 10.2. The number of carbonyl (C=O) groups is 1. The maximum absolute atomic E-state index is 11.2. The molecule has 0 N–H and O–H groups in total. The second-order valence-electron chi connectivity index (χ2n) is 2.88. The first-order valence-electron chi connectivity index (χ1n) is 4.41. The minimum Gasteiger partial charge on any atom is -0.466 e. The number of aryl methyl sites for hydroxylation is 1. The zero-order valence-corrected chi connectivity index (χ0v) is 9.80. The summed E-state index contributed by atoms with van der Waals surface area (Å²) in [6, 6.07) is 3.77. The van der Waals surface area contributed by atoms with E-state index in [4.69, 9.17) is 4.74 Å². The van der Waals surface area contributed by atoms with Gasteiger partial charge in [0.2, 0.25) is 0 Å². The van der Waals surface area contributed by atoms with Crippen LogP contribution in [-0.2, 0) is 16.0 Å². The van der Waals surface area contributed by atoms with Gasteiger partial charge in [-0.05, 0) is 41.4 Å². The van der Waals surface area contributed by atoms with Crippen LogP contribution in [0.25, 0.3) is 0 Å². The van der Waals surface area contributed by atoms with Gasteiger partial charge in [0.15, 0.2) is 0 Å². The monoisotopic (exact) mass is 257 g/mol. The largest absolute Gasteiger partial charge is 0.466 e. The van der Waals surface area contributed by atoms with Gasteiger partial charge in [0.1, 0.15) is 4.60 Å². The highest BCUT2D eigenvalue weighted by atomic mass is 79.9. The van der Waals surface area contributed by atoms with E-state index in [9.17, 15) is 4.79 Å². The number of esters is 1. The van der Waals surface area contributed by atoms with Crippen molar-refractivity contribution in [3.05, 3.63) is 28.0 Å². The fraction of sp³-hybridized carbons (Fsp3) is 0.400. The van der Waals surface area contributed by atoms with Crippen molar-refractivity contribution < 1.29 is 9.53 Å². The molecule has 0 fully saturated rings. The Kier molecular flexibility index (Phi) is 4.07. The first kappa shape index (κ1) is 11.2. The Morgan fingerprint density at radius 3 is 2.93 bits per heavy atom. The lowest BCUT2D eigenvalue weighted by Gasteiger charge is -2.04. The van der Waals surface area contributed by atoms with Gasteiger partial charge in [0.05, 0.1) is 18.7 Å². The Labute approximate surface area is 91.6 Å². The summed E-state index contributed by atoms with van der Waals surface area (Å²) in [6.07, 6.45) is 0.235. The Morgan fingerprint density at radius 1 is 1.57 bits per heavy atom. The fourth-order valence-corrected chi connectivity index (χ4v) is 1.42. The van der Waals surface area contributed by atoms with E-state index in [1.807, 2.05) is 19.1 Å². The van der Waals surface area contributed by atoms with Crippen LogP contribution < -0.4 is 0 Å². The van der Waals surface area contributed by atoms with E-state index >= 15 is 0 Å². The van der Waals surface area contributed by atoms with Gasteiger partial charge in [0.25, 0.3) is 0 Å². The number of nitrogens with zero attached hydrogens (tertiary/aromatic N) is 1. The van der Waals surface area contributed by atoms with Crippen molar-refractivity contribution in [3.63, 3.8) is 0 Å². The summed E-state index contributed by atoms with van der Waals surface area (Å²) in [5, 5.41) is 0. The first-order valence-corrected chi connectivity index (χ1v) is 5.20. The van der Waals surface area contributed by atoms with E-state index in [1.165, 1.54) is 0 Å². The number of aromatic nitrogens is 1. The third kappa shape index (κ3) is 3.10. The van der Waals surface area contributed by atoms with Gasteiger partial charge in [0, 0.05) is 0 Å². The van der Waals surface area contributed by atoms with Gasteiger partial charge in [-0.15, -0.1) is 0 Å². The molecule has 0 aromatic carbocycles. The van der Waals surface area contributed by atoms with Crippen LogP contribution in [0.5, 0.6) is 0 Å². The lowest BCUT2D eigenvalue weighted by molar-refractivity contribution is -0.142. The molecule has 0 atom stereocenters. The molecule has 0 aliphatic carbocycles. The predicted octanol–water partition coefficient (Wildman–Crippen LogP) is 2.26. The molecule has 3 nitrogen and oxygen atoms in total. The second kappa shape index (κ2) is 5.10. The molecule has 1 rings (SSSR count). The number of hydrogen-bond acceptors (Lipinski definition) is 3. The molecule has 1 heterocycles. The summed E-state index contributed by atoms with van der Waals surface area (Å²) in [5.41, 5.74) is 1.76. The van der Waals surface area contributed by atoms with Crippen LogP contribution >= 0.6 is 15.9 Å². The van der Waals surface area contributed by atoms with Crippen LogP contribution in [-0.4, -0.2) is 17.6 Å². The smallest absolute Gasteiger partial charge is 0.311 e. The standard InChI is InChI=1S/C10H12BrNO2/c1-3-14-10(13)6-8-7(2)4-5-9(11)12-8/h4-5H,3,6H2,1-2H3. The van der Waals surface area contributed by atoms with E-state index in [0.29, 0.717) is 6.61 Å². The van der Waals surface area contributed by atoms with E-state index in [1.54, 1.807) is 6.92 Å². The van der Waals surface area contributed by atoms with Crippen LogP contribution in [0.4, 0.5) is 0 Å². The number of rotatable bonds is 3. The second-order valence-corrected chi connectivity index (χ2v) is 3.69. The first-order chi connectivity index (χ1) is 6.63. The van der Waals surface area contributed by atoms with E-state index in [0.717, 1.165) is 15.9 Å². The van der Waals surface area contributed by atoms with Crippen molar-refractivity contribution in [2.75, 3.05) is 6.61 Å². The van der Waals surface area contributed by atoms with Gasteiger partial charge in [-0.3, -0.25) is 4.79 Å². The zero-order chi connectivity index (χ0) is 10.6. The van der Waals surface area contributed by atoms with Gasteiger partial charge >= 0.3 is 5.97 Å². The van der Waals surface area contributed by atoms with Gasteiger partial charge in [-0.25, -0.2) is 4.98 Å². The third-order valence-corrected chi connectivity index (χ3v) is 2.23. The molecule has 4 heteroatoms. The molecule has 0 saturated heterocycles. The Hall–Kier alpha value is -0.900. The van der Waals surface area contributed by atoms with Crippen molar-refractivity contribution in [1.82, 2.24) is 4.98 Å². The van der Waals surface area contributed by atoms with Gasteiger partial charge < -0.3 is 4.74 Å². The average Bonchev–Trinajstić information content (AvgIpc) is 2.12. The number of carbonyl (C=O) groups excluding carboxylic acids is 1. The quantitative estimate of drug-likeness (QED) is 0.616. The summed E-state index contributed by atoms with van der Waals surface area (Å²) in [6.45, 7) is 4.12. The Balaban J connectivity index is 2.75. The molecular formula is C10H12BrNO2. The molecule has 0 spiro atoms. The highest BCUT2D eigenvalue weighted by molar-refractivity contribution is 9.10. The number of ether oxygens (including phenoxy) is 1. The molecule has 14 heavy (non-hydrogen) atoms. The minimum absolute atomic E-state index is 0.235. The van der Waals surface area contributed by atoms with Crippen molar-refractivity contribution in [1.29, 1.82) is 0 Å². The highest BCUT2D eigenvalue weighted by Crippen LogP contribution is 2.12. The molecule has 0 unspecified atom stereocenters. The maximum atomic E-state index is 11.2. The Morgan fingerprint density at radius 2 is 2.29 bits per heavy atom. The van der Waals surface area contributed by atoms with Crippen LogP contribution in [0.3, 0.4) is 0 Å². The molecule has 76 valence electrons. The molecule has 0 radical (unpaired) electrons. The SMILES string of the molecule is CCOC(=O)Cc1nc(Br)ccc1C. The Bertz CT molecular complexity index is 339. The average molecular weight is 258 g/mol. The van der Waals surface area contributed by atoms with Crippen molar-refractivity contribution in [2.24, 2.45) is 0 Å². The van der Waals surface area contributed by atoms with Crippen molar-refractivity contribution in [3.8, 4) is 0 Å². The van der Waals surface area contributed by atoms with E-state index < -0.39 is 0 Å². The van der Waals surface area contributed by atoms with Crippen LogP contribution in [0.15, 0.2) is 16.7 Å². The minimum atomic E-state index is -0.235. The molecule has 0 aliphatic rings. The fourth-order valence-electron chi connectivity index (χ4n) is 1.07. The van der Waals surface area contributed by atoms with Crippen molar-refractivity contribution >= 4 is 21.9 Å². The topological polar surface area (TPSA) is 39.2 Å². The molecule has 0 bridgehead atoms. The summed E-state index contributed by atoms with van der Waals surface area (Å²) >= 11 is 3.26. The summed E-state index contributed by atoms with van der Waals surface area (Å²) in [4.78, 5) is 15.4. The number of halogens is 1. The third-order valence-electron chi connectivity index (χ3n) is 1.78. The number of hydrogen-bond donors (Lipinski definition) is 0. The van der Waals surface area contributed by atoms with Crippen LogP contribution in [0.2, 0.25) is 0 Å². The normalized spacial score (nSPS) is 9.93. The molecule has 0 amide bonds.